The lowest BCUT2D eigenvalue weighted by atomic mass is 10.1. The minimum Gasteiger partial charge on any atom is -0.345 e. The van der Waals surface area contributed by atoms with Crippen LogP contribution >= 0.6 is 57.7 Å². The zero-order valence-electron chi connectivity index (χ0n) is 17.0. The topological polar surface area (TPSA) is 53.5 Å². The second kappa shape index (κ2) is 9.66. The van der Waals surface area contributed by atoms with Gasteiger partial charge in [0.1, 0.15) is 4.90 Å². The van der Waals surface area contributed by atoms with Crippen LogP contribution in [0.4, 0.5) is 5.13 Å². The number of aromatic nitrogens is 1. The molecule has 0 N–H and O–H groups in total. The molecule has 0 saturated carbocycles. The number of thiazole rings is 1. The van der Waals surface area contributed by atoms with Crippen molar-refractivity contribution in [2.45, 2.75) is 18.2 Å². The average Bonchev–Trinajstić information content (AvgIpc) is 3.18. The number of benzene rings is 2. The summed E-state index contributed by atoms with van der Waals surface area (Å²) in [5.74, 6) is 0. The van der Waals surface area contributed by atoms with Crippen LogP contribution < -0.4 is 4.90 Å². The molecule has 0 bridgehead atoms. The minimum absolute atomic E-state index is 0.0891. The molecular formula is C21H19Cl4N3O2S2. The number of sulfonamides is 1. The quantitative estimate of drug-likeness (QED) is 0.381. The Bertz CT molecular complexity index is 1240. The number of halogens is 4. The van der Waals surface area contributed by atoms with E-state index >= 15 is 0 Å². The van der Waals surface area contributed by atoms with Crippen LogP contribution in [-0.4, -0.2) is 43.9 Å². The minimum atomic E-state index is -3.71. The van der Waals surface area contributed by atoms with Gasteiger partial charge in [-0.3, -0.25) is 0 Å². The van der Waals surface area contributed by atoms with Gasteiger partial charge < -0.3 is 4.90 Å². The van der Waals surface area contributed by atoms with Crippen LogP contribution in [0.25, 0.3) is 0 Å². The molecule has 1 aliphatic heterocycles. The monoisotopic (exact) mass is 549 g/mol. The third-order valence-corrected chi connectivity index (χ3v) is 9.34. The van der Waals surface area contributed by atoms with Crippen LogP contribution in [0.5, 0.6) is 0 Å². The van der Waals surface area contributed by atoms with E-state index in [-0.39, 0.29) is 9.92 Å². The van der Waals surface area contributed by atoms with Crippen LogP contribution in [-0.2, 0) is 16.4 Å². The largest absolute Gasteiger partial charge is 0.345 e. The fourth-order valence-corrected chi connectivity index (χ4v) is 7.21. The lowest BCUT2D eigenvalue weighted by molar-refractivity contribution is 0.384. The standard InChI is InChI=1S/C21H19Cl4N3O2S2/c1-13-6-20(19(25)11-18(13)24)32(29,30)28-4-2-27(3-5-28)21-26-17(12-31-21)9-14-7-15(22)10-16(23)8-14/h6-8,10-12H,2-5,9H2,1H3. The number of piperazine rings is 1. The second-order valence-corrected chi connectivity index (χ2v) is 11.9. The van der Waals surface area contributed by atoms with Crippen LogP contribution in [0, 0.1) is 6.92 Å². The summed E-state index contributed by atoms with van der Waals surface area (Å²) in [4.78, 5) is 6.91. The Labute approximate surface area is 211 Å². The summed E-state index contributed by atoms with van der Waals surface area (Å²) < 4.78 is 27.7. The molecule has 0 atom stereocenters. The van der Waals surface area contributed by atoms with Crippen molar-refractivity contribution >= 4 is 72.9 Å². The number of rotatable bonds is 5. The Morgan fingerprint density at radius 1 is 0.938 bits per heavy atom. The normalized spacial score (nSPS) is 15.3. The lowest BCUT2D eigenvalue weighted by Gasteiger charge is -2.34. The fraction of sp³-hybridized carbons (Fsp3) is 0.286. The maximum atomic E-state index is 13.1. The zero-order valence-corrected chi connectivity index (χ0v) is 21.6. The number of aryl methyl sites for hydroxylation is 1. The molecule has 0 spiro atoms. The highest BCUT2D eigenvalue weighted by atomic mass is 35.5. The Morgan fingerprint density at radius 3 is 2.25 bits per heavy atom. The first kappa shape index (κ1) is 24.1. The molecule has 0 aliphatic carbocycles. The summed E-state index contributed by atoms with van der Waals surface area (Å²) in [6.45, 7) is 3.53. The zero-order chi connectivity index (χ0) is 23.0. The first-order valence-corrected chi connectivity index (χ1v) is 13.6. The number of hydrogen-bond donors (Lipinski definition) is 0. The van der Waals surface area contributed by atoms with Gasteiger partial charge in [-0.05, 0) is 48.4 Å². The maximum absolute atomic E-state index is 13.1. The molecule has 1 fully saturated rings. The van der Waals surface area contributed by atoms with E-state index in [1.165, 1.54) is 27.8 Å². The van der Waals surface area contributed by atoms with Crippen molar-refractivity contribution in [3.05, 3.63) is 72.6 Å². The Kier molecular flexibility index (Phi) is 7.27. The Hall–Kier alpha value is -1.06. The van der Waals surface area contributed by atoms with Gasteiger partial charge in [-0.15, -0.1) is 11.3 Å². The first-order chi connectivity index (χ1) is 15.1. The van der Waals surface area contributed by atoms with Crippen molar-refractivity contribution in [3.63, 3.8) is 0 Å². The summed E-state index contributed by atoms with van der Waals surface area (Å²) in [6.07, 6.45) is 0.625. The second-order valence-electron chi connectivity index (χ2n) is 7.50. The van der Waals surface area contributed by atoms with Gasteiger partial charge >= 0.3 is 0 Å². The van der Waals surface area contributed by atoms with E-state index in [4.69, 9.17) is 51.4 Å². The highest BCUT2D eigenvalue weighted by Gasteiger charge is 2.31. The molecule has 2 heterocycles. The molecule has 3 aromatic rings. The van der Waals surface area contributed by atoms with Crippen LogP contribution in [0.1, 0.15) is 16.8 Å². The molecule has 11 heteroatoms. The van der Waals surface area contributed by atoms with Crippen molar-refractivity contribution in [1.29, 1.82) is 0 Å². The molecule has 0 amide bonds. The van der Waals surface area contributed by atoms with Gasteiger partial charge in [0.15, 0.2) is 5.13 Å². The van der Waals surface area contributed by atoms with Gasteiger partial charge in [0.2, 0.25) is 10.0 Å². The van der Waals surface area contributed by atoms with Crippen LogP contribution in [0.15, 0.2) is 40.6 Å². The van der Waals surface area contributed by atoms with Crippen LogP contribution in [0.3, 0.4) is 0 Å². The summed E-state index contributed by atoms with van der Waals surface area (Å²) >= 11 is 26.0. The molecular weight excluding hydrogens is 532 g/mol. The third kappa shape index (κ3) is 5.20. The third-order valence-electron chi connectivity index (χ3n) is 5.19. The lowest BCUT2D eigenvalue weighted by Crippen LogP contribution is -2.48. The predicted octanol–water partition coefficient (Wildman–Crippen LogP) is 6.17. The maximum Gasteiger partial charge on any atom is 0.244 e. The molecule has 1 aromatic heterocycles. The fourth-order valence-electron chi connectivity index (χ4n) is 3.53. The predicted molar refractivity (Wildman–Crippen MR) is 134 cm³/mol. The van der Waals surface area contributed by atoms with E-state index in [9.17, 15) is 8.42 Å². The Balaban J connectivity index is 1.43. The molecule has 2 aromatic carbocycles. The van der Waals surface area contributed by atoms with Crippen molar-refractivity contribution < 1.29 is 8.42 Å². The molecule has 32 heavy (non-hydrogen) atoms. The molecule has 1 aliphatic rings. The van der Waals surface area contributed by atoms with Gasteiger partial charge in [-0.2, -0.15) is 4.31 Å². The molecule has 170 valence electrons. The van der Waals surface area contributed by atoms with E-state index in [2.05, 4.69) is 4.90 Å². The van der Waals surface area contributed by atoms with E-state index in [1.807, 2.05) is 17.5 Å². The van der Waals surface area contributed by atoms with Gasteiger partial charge in [-0.1, -0.05) is 46.4 Å². The molecule has 4 rings (SSSR count). The van der Waals surface area contributed by atoms with Crippen molar-refractivity contribution in [2.75, 3.05) is 31.1 Å². The van der Waals surface area contributed by atoms with Crippen molar-refractivity contribution in [2.24, 2.45) is 0 Å². The SMILES string of the molecule is Cc1cc(S(=O)(=O)N2CCN(c3nc(Cc4cc(Cl)cc(Cl)c4)cs3)CC2)c(Cl)cc1Cl. The molecule has 1 saturated heterocycles. The molecule has 0 radical (unpaired) electrons. The van der Waals surface area contributed by atoms with Crippen molar-refractivity contribution in [3.8, 4) is 0 Å². The highest BCUT2D eigenvalue weighted by molar-refractivity contribution is 7.89. The summed E-state index contributed by atoms with van der Waals surface area (Å²) in [6, 6.07) is 8.46. The highest BCUT2D eigenvalue weighted by Crippen LogP contribution is 2.31. The average molecular weight is 551 g/mol. The van der Waals surface area contributed by atoms with E-state index < -0.39 is 10.0 Å². The first-order valence-electron chi connectivity index (χ1n) is 9.73. The van der Waals surface area contributed by atoms with Gasteiger partial charge in [0, 0.05) is 53.0 Å². The number of nitrogens with zero attached hydrogens (tertiary/aromatic N) is 3. The van der Waals surface area contributed by atoms with Gasteiger partial charge in [-0.25, -0.2) is 13.4 Å². The van der Waals surface area contributed by atoms with Crippen molar-refractivity contribution in [1.82, 2.24) is 9.29 Å². The summed E-state index contributed by atoms with van der Waals surface area (Å²) in [7, 11) is -3.71. The summed E-state index contributed by atoms with van der Waals surface area (Å²) in [5, 5.41) is 4.63. The van der Waals surface area contributed by atoms with E-state index in [0.29, 0.717) is 53.2 Å². The van der Waals surface area contributed by atoms with Gasteiger partial charge in [0.25, 0.3) is 0 Å². The number of hydrogen-bond acceptors (Lipinski definition) is 5. The summed E-state index contributed by atoms with van der Waals surface area (Å²) in [5.41, 5.74) is 2.58. The van der Waals surface area contributed by atoms with Crippen LogP contribution in [0.2, 0.25) is 20.1 Å². The number of anilines is 1. The molecule has 0 unspecified atom stereocenters. The Morgan fingerprint density at radius 2 is 1.59 bits per heavy atom. The van der Waals surface area contributed by atoms with E-state index in [0.717, 1.165) is 16.4 Å². The smallest absolute Gasteiger partial charge is 0.244 e. The van der Waals surface area contributed by atoms with E-state index in [1.54, 1.807) is 13.0 Å². The molecule has 5 nitrogen and oxygen atoms in total. The van der Waals surface area contributed by atoms with Gasteiger partial charge in [0.05, 0.1) is 10.7 Å².